The third-order valence-electron chi connectivity index (χ3n) is 4.99. The molecule has 0 aliphatic carbocycles. The first-order chi connectivity index (χ1) is 15.3. The van der Waals surface area contributed by atoms with Crippen molar-refractivity contribution < 1.29 is 9.53 Å². The number of aromatic nitrogens is 4. The van der Waals surface area contributed by atoms with Crippen molar-refractivity contribution in [3.8, 4) is 11.3 Å². The van der Waals surface area contributed by atoms with Crippen molar-refractivity contribution in [1.82, 2.24) is 19.7 Å². The van der Waals surface area contributed by atoms with Gasteiger partial charge in [0.2, 0.25) is 0 Å². The van der Waals surface area contributed by atoms with Crippen LogP contribution in [0.25, 0.3) is 11.3 Å². The van der Waals surface area contributed by atoms with E-state index < -0.39 is 23.4 Å². The Balaban J connectivity index is 1.49. The molecule has 1 fully saturated rings. The van der Waals surface area contributed by atoms with Crippen molar-refractivity contribution in [2.75, 3.05) is 23.3 Å². The highest BCUT2D eigenvalue weighted by molar-refractivity contribution is 6.30. The number of aromatic amines is 2. The van der Waals surface area contributed by atoms with Crippen LogP contribution >= 0.6 is 11.6 Å². The number of amides is 1. The summed E-state index contributed by atoms with van der Waals surface area (Å²) < 4.78 is 6.59. The number of aryl methyl sites for hydroxylation is 1. The van der Waals surface area contributed by atoms with E-state index in [4.69, 9.17) is 16.3 Å². The number of hydrogen-bond acceptors (Lipinski definition) is 7. The van der Waals surface area contributed by atoms with Gasteiger partial charge in [-0.05, 0) is 30.3 Å². The molecule has 0 spiro atoms. The lowest BCUT2D eigenvalue weighted by Gasteiger charge is -2.19. The second-order valence-electron chi connectivity index (χ2n) is 7.22. The van der Waals surface area contributed by atoms with E-state index in [1.54, 1.807) is 29.2 Å². The highest BCUT2D eigenvalue weighted by Gasteiger charge is 2.28. The number of nitrogens with one attached hydrogen (secondary N) is 3. The quantitative estimate of drug-likeness (QED) is 0.534. The molecule has 1 amide bonds. The smallest absolute Gasteiger partial charge is 0.411 e. The van der Waals surface area contributed by atoms with Gasteiger partial charge >= 0.3 is 11.8 Å². The van der Waals surface area contributed by atoms with Crippen molar-refractivity contribution >= 4 is 29.1 Å². The van der Waals surface area contributed by atoms with E-state index in [2.05, 4.69) is 20.4 Å². The summed E-state index contributed by atoms with van der Waals surface area (Å²) in [6, 6.07) is 8.11. The van der Waals surface area contributed by atoms with Crippen molar-refractivity contribution in [2.45, 2.75) is 12.5 Å². The Bertz CT molecular complexity index is 1330. The summed E-state index contributed by atoms with van der Waals surface area (Å²) >= 11 is 5.83. The fourth-order valence-corrected chi connectivity index (χ4v) is 3.55. The van der Waals surface area contributed by atoms with Crippen LogP contribution in [0.5, 0.6) is 0 Å². The molecule has 0 bridgehead atoms. The number of halogens is 1. The normalized spacial score (nSPS) is 15.6. The van der Waals surface area contributed by atoms with Crippen LogP contribution in [0.15, 0.2) is 50.9 Å². The first-order valence-electron chi connectivity index (χ1n) is 9.69. The molecule has 32 heavy (non-hydrogen) atoms. The van der Waals surface area contributed by atoms with E-state index in [0.717, 1.165) is 4.68 Å². The molecule has 1 saturated heterocycles. The number of carbonyl (C=O) groups excluding carboxylic acids is 1. The number of carbonyl (C=O) groups is 1. The van der Waals surface area contributed by atoms with E-state index in [9.17, 15) is 19.2 Å². The Hall–Kier alpha value is -3.86. The van der Waals surface area contributed by atoms with Crippen LogP contribution in [0.4, 0.5) is 16.2 Å². The SMILES string of the molecule is Cn1nc(-c2c[nH]c(=O)[nH]c2=O)cc(N2CCC(OC(=O)Nc3ccc(Cl)cc3)C2)c1=O. The topological polar surface area (TPSA) is 142 Å². The lowest BCUT2D eigenvalue weighted by molar-refractivity contribution is 0.122. The van der Waals surface area contributed by atoms with Crippen LogP contribution in [-0.2, 0) is 11.8 Å². The Labute approximate surface area is 185 Å². The molecular formula is C20H19ClN6O5. The molecule has 3 heterocycles. The van der Waals surface area contributed by atoms with Gasteiger partial charge in [0.25, 0.3) is 11.1 Å². The molecule has 166 valence electrons. The largest absolute Gasteiger partial charge is 0.444 e. The molecule has 3 N–H and O–H groups in total. The minimum absolute atomic E-state index is 0.121. The molecule has 1 aliphatic heterocycles. The molecular weight excluding hydrogens is 440 g/mol. The fourth-order valence-electron chi connectivity index (χ4n) is 3.43. The average molecular weight is 459 g/mol. The predicted molar refractivity (Wildman–Crippen MR) is 118 cm³/mol. The van der Waals surface area contributed by atoms with Crippen LogP contribution in [0, 0.1) is 0 Å². The third kappa shape index (κ3) is 4.57. The molecule has 0 saturated carbocycles. The van der Waals surface area contributed by atoms with Crippen molar-refractivity contribution in [2.24, 2.45) is 7.05 Å². The maximum Gasteiger partial charge on any atom is 0.411 e. The highest BCUT2D eigenvalue weighted by Crippen LogP contribution is 2.22. The monoisotopic (exact) mass is 458 g/mol. The minimum Gasteiger partial charge on any atom is -0.444 e. The molecule has 1 aromatic carbocycles. The third-order valence-corrected chi connectivity index (χ3v) is 5.24. The summed E-state index contributed by atoms with van der Waals surface area (Å²) in [6.45, 7) is 0.772. The Kier molecular flexibility index (Phi) is 5.82. The van der Waals surface area contributed by atoms with E-state index >= 15 is 0 Å². The number of H-pyrrole nitrogens is 2. The molecule has 1 atom stereocenters. The van der Waals surface area contributed by atoms with Crippen LogP contribution in [-0.4, -0.2) is 45.0 Å². The summed E-state index contributed by atoms with van der Waals surface area (Å²) in [4.78, 5) is 54.5. The van der Waals surface area contributed by atoms with Crippen molar-refractivity contribution in [3.05, 3.63) is 72.7 Å². The molecule has 1 aliphatic rings. The Morgan fingerprint density at radius 2 is 2.00 bits per heavy atom. The predicted octanol–water partition coefficient (Wildman–Crippen LogP) is 1.30. The van der Waals surface area contributed by atoms with Crippen LogP contribution in [0.2, 0.25) is 5.02 Å². The summed E-state index contributed by atoms with van der Waals surface area (Å²) in [5.74, 6) is 0. The Morgan fingerprint density at radius 3 is 2.72 bits per heavy atom. The summed E-state index contributed by atoms with van der Waals surface area (Å²) in [5, 5.41) is 7.30. The van der Waals surface area contributed by atoms with Gasteiger partial charge in [0.15, 0.2) is 0 Å². The molecule has 0 radical (unpaired) electrons. The maximum atomic E-state index is 12.7. The van der Waals surface area contributed by atoms with Gasteiger partial charge in [-0.15, -0.1) is 0 Å². The van der Waals surface area contributed by atoms with Gasteiger partial charge in [0.05, 0.1) is 12.1 Å². The number of benzene rings is 1. The number of anilines is 2. The maximum absolute atomic E-state index is 12.7. The Morgan fingerprint density at radius 1 is 1.25 bits per heavy atom. The molecule has 3 aromatic rings. The molecule has 11 nitrogen and oxygen atoms in total. The van der Waals surface area contributed by atoms with E-state index in [-0.39, 0.29) is 16.8 Å². The lowest BCUT2D eigenvalue weighted by Crippen LogP contribution is -2.33. The summed E-state index contributed by atoms with van der Waals surface area (Å²) in [5.41, 5.74) is -0.408. The van der Waals surface area contributed by atoms with Gasteiger partial charge in [0.1, 0.15) is 17.5 Å². The van der Waals surface area contributed by atoms with Gasteiger partial charge in [-0.2, -0.15) is 5.10 Å². The molecule has 2 aromatic heterocycles. The van der Waals surface area contributed by atoms with E-state index in [1.165, 1.54) is 19.3 Å². The number of nitrogens with zero attached hydrogens (tertiary/aromatic N) is 3. The highest BCUT2D eigenvalue weighted by atomic mass is 35.5. The summed E-state index contributed by atoms with van der Waals surface area (Å²) in [6.07, 6.45) is 0.727. The van der Waals surface area contributed by atoms with Crippen LogP contribution in [0.1, 0.15) is 6.42 Å². The van der Waals surface area contributed by atoms with Crippen molar-refractivity contribution in [1.29, 1.82) is 0 Å². The zero-order valence-corrected chi connectivity index (χ0v) is 17.7. The molecule has 12 heteroatoms. The van der Waals surface area contributed by atoms with Gasteiger partial charge in [-0.3, -0.25) is 19.9 Å². The number of ether oxygens (including phenoxy) is 1. The van der Waals surface area contributed by atoms with Crippen molar-refractivity contribution in [3.63, 3.8) is 0 Å². The minimum atomic E-state index is -0.639. The first kappa shape index (κ1) is 21.4. The average Bonchev–Trinajstić information content (AvgIpc) is 3.20. The van der Waals surface area contributed by atoms with Gasteiger partial charge in [-0.25, -0.2) is 14.3 Å². The standard InChI is InChI=1S/C20H19ClN6O5/c1-26-18(29)16(8-15(25-26)14-9-22-19(30)24-17(14)28)27-7-6-13(10-27)32-20(31)23-12-4-2-11(21)3-5-12/h2-5,8-9,13H,6-7,10H2,1H3,(H,23,31)(H2,22,24,28,30). The summed E-state index contributed by atoms with van der Waals surface area (Å²) in [7, 11) is 1.47. The van der Waals surface area contributed by atoms with E-state index in [0.29, 0.717) is 35.9 Å². The van der Waals surface area contributed by atoms with Crippen LogP contribution < -0.4 is 27.0 Å². The zero-order valence-electron chi connectivity index (χ0n) is 16.9. The van der Waals surface area contributed by atoms with Crippen LogP contribution in [0.3, 0.4) is 0 Å². The molecule has 1 unspecified atom stereocenters. The zero-order chi connectivity index (χ0) is 22.8. The second-order valence-corrected chi connectivity index (χ2v) is 7.66. The van der Waals surface area contributed by atoms with Gasteiger partial charge in [0, 0.05) is 36.9 Å². The second kappa shape index (κ2) is 8.71. The fraction of sp³-hybridized carbons (Fsp3) is 0.250. The molecule has 4 rings (SSSR count). The first-order valence-corrected chi connectivity index (χ1v) is 10.1. The van der Waals surface area contributed by atoms with Gasteiger partial charge < -0.3 is 14.6 Å². The number of rotatable bonds is 4. The number of hydrogen-bond donors (Lipinski definition) is 3. The van der Waals surface area contributed by atoms with Gasteiger partial charge in [-0.1, -0.05) is 11.6 Å². The lowest BCUT2D eigenvalue weighted by atomic mass is 10.2. The van der Waals surface area contributed by atoms with E-state index in [1.807, 2.05) is 0 Å².